The van der Waals surface area contributed by atoms with E-state index in [1.165, 1.54) is 0 Å². The van der Waals surface area contributed by atoms with Gasteiger partial charge in [-0.2, -0.15) is 0 Å². The van der Waals surface area contributed by atoms with Crippen LogP contribution in [0.4, 0.5) is 0 Å². The van der Waals surface area contributed by atoms with Crippen LogP contribution in [0, 0.1) is 5.92 Å². The van der Waals surface area contributed by atoms with Crippen molar-refractivity contribution in [3.05, 3.63) is 33.8 Å². The molecule has 1 atom stereocenters. The van der Waals surface area contributed by atoms with Gasteiger partial charge in [0.2, 0.25) is 0 Å². The van der Waals surface area contributed by atoms with Crippen LogP contribution in [0.2, 0.25) is 10.0 Å². The van der Waals surface area contributed by atoms with E-state index in [-0.39, 0.29) is 11.8 Å². The summed E-state index contributed by atoms with van der Waals surface area (Å²) in [5.41, 5.74) is 6.04. The number of carbonyl (C=O) groups is 1. The average Bonchev–Trinajstić information content (AvgIpc) is 2.33. The van der Waals surface area contributed by atoms with E-state index in [1.807, 2.05) is 13.8 Å². The Morgan fingerprint density at radius 2 is 1.89 bits per heavy atom. The molecule has 0 radical (unpaired) electrons. The summed E-state index contributed by atoms with van der Waals surface area (Å²) >= 11 is 16.7. The molecular formula is C13H16Cl2N2OS. The summed E-state index contributed by atoms with van der Waals surface area (Å²) in [6, 6.07) is 4.79. The van der Waals surface area contributed by atoms with Crippen LogP contribution >= 0.6 is 35.4 Å². The first kappa shape index (κ1) is 16.2. The Hall–Kier alpha value is -0.840. The molecule has 2 N–H and O–H groups in total. The molecule has 19 heavy (non-hydrogen) atoms. The van der Waals surface area contributed by atoms with Gasteiger partial charge in [0.05, 0.1) is 4.99 Å². The van der Waals surface area contributed by atoms with E-state index in [2.05, 4.69) is 0 Å². The predicted molar refractivity (Wildman–Crippen MR) is 84.0 cm³/mol. The molecule has 0 aliphatic rings. The zero-order chi connectivity index (χ0) is 14.6. The molecule has 1 rings (SSSR count). The molecule has 0 bridgehead atoms. The maximum absolute atomic E-state index is 12.4. The highest BCUT2D eigenvalue weighted by molar-refractivity contribution is 7.80. The van der Waals surface area contributed by atoms with Crippen LogP contribution in [-0.2, 0) is 0 Å². The van der Waals surface area contributed by atoms with Crippen LogP contribution < -0.4 is 5.73 Å². The molecule has 1 aromatic rings. The van der Waals surface area contributed by atoms with Gasteiger partial charge >= 0.3 is 0 Å². The monoisotopic (exact) mass is 318 g/mol. The number of nitrogens with two attached hydrogens (primary N) is 1. The Kier molecular flexibility index (Phi) is 6.04. The smallest absolute Gasteiger partial charge is 0.253 e. The van der Waals surface area contributed by atoms with Crippen molar-refractivity contribution in [3.63, 3.8) is 0 Å². The molecule has 6 heteroatoms. The van der Waals surface area contributed by atoms with Gasteiger partial charge in [-0.25, -0.2) is 0 Å². The molecule has 3 nitrogen and oxygen atoms in total. The summed E-state index contributed by atoms with van der Waals surface area (Å²) in [5.74, 6) is -0.163. The second-order valence-corrected chi connectivity index (χ2v) is 5.65. The molecular weight excluding hydrogens is 303 g/mol. The molecule has 0 aromatic heterocycles. The Balaban J connectivity index is 2.92. The van der Waals surface area contributed by atoms with Crippen molar-refractivity contribution in [2.24, 2.45) is 11.7 Å². The summed E-state index contributed by atoms with van der Waals surface area (Å²) in [5, 5.41) is 0.878. The minimum atomic E-state index is -0.130. The average molecular weight is 319 g/mol. The summed E-state index contributed by atoms with van der Waals surface area (Å²) < 4.78 is 0. The Labute approximate surface area is 128 Å². The SMILES string of the molecule is CCN(CC(C)C(N)=S)C(=O)c1cc(Cl)cc(Cl)c1. The van der Waals surface area contributed by atoms with E-state index >= 15 is 0 Å². The number of carbonyl (C=O) groups excluding carboxylic acids is 1. The number of amides is 1. The van der Waals surface area contributed by atoms with E-state index in [1.54, 1.807) is 23.1 Å². The lowest BCUT2D eigenvalue weighted by Gasteiger charge is -2.24. The van der Waals surface area contributed by atoms with Gasteiger partial charge in [-0.1, -0.05) is 42.3 Å². The number of halogens is 2. The molecule has 0 aliphatic carbocycles. The fourth-order valence-corrected chi connectivity index (χ4v) is 2.24. The topological polar surface area (TPSA) is 46.3 Å². The third kappa shape index (κ3) is 4.64. The van der Waals surface area contributed by atoms with Crippen molar-refractivity contribution >= 4 is 46.3 Å². The lowest BCUT2D eigenvalue weighted by molar-refractivity contribution is 0.0755. The quantitative estimate of drug-likeness (QED) is 0.846. The number of nitrogens with zero attached hydrogens (tertiary/aromatic N) is 1. The highest BCUT2D eigenvalue weighted by atomic mass is 35.5. The molecule has 0 heterocycles. The third-order valence-electron chi connectivity index (χ3n) is 2.76. The van der Waals surface area contributed by atoms with Gasteiger partial charge in [0, 0.05) is 34.6 Å². The van der Waals surface area contributed by atoms with Gasteiger partial charge in [-0.15, -0.1) is 0 Å². The Bertz CT molecular complexity index is 473. The number of hydrogen-bond donors (Lipinski definition) is 1. The molecule has 104 valence electrons. The van der Waals surface area contributed by atoms with Crippen LogP contribution in [0.1, 0.15) is 24.2 Å². The Morgan fingerprint density at radius 3 is 2.32 bits per heavy atom. The number of rotatable bonds is 5. The van der Waals surface area contributed by atoms with Crippen molar-refractivity contribution in [2.75, 3.05) is 13.1 Å². The summed E-state index contributed by atoms with van der Waals surface area (Å²) in [4.78, 5) is 14.4. The minimum absolute atomic E-state index is 0.0337. The molecule has 0 saturated carbocycles. The molecule has 1 unspecified atom stereocenters. The van der Waals surface area contributed by atoms with Gasteiger partial charge in [0.1, 0.15) is 0 Å². The highest BCUT2D eigenvalue weighted by Crippen LogP contribution is 2.20. The first-order chi connectivity index (χ1) is 8.85. The summed E-state index contributed by atoms with van der Waals surface area (Å²) in [6.07, 6.45) is 0. The highest BCUT2D eigenvalue weighted by Gasteiger charge is 2.18. The fraction of sp³-hybridized carbons (Fsp3) is 0.385. The molecule has 1 aromatic carbocycles. The van der Waals surface area contributed by atoms with Crippen molar-refractivity contribution in [1.29, 1.82) is 0 Å². The number of benzene rings is 1. The first-order valence-electron chi connectivity index (χ1n) is 5.89. The van der Waals surface area contributed by atoms with E-state index < -0.39 is 0 Å². The second kappa shape index (κ2) is 7.08. The van der Waals surface area contributed by atoms with E-state index in [9.17, 15) is 4.79 Å². The lowest BCUT2D eigenvalue weighted by atomic mass is 10.1. The van der Waals surface area contributed by atoms with Crippen LogP contribution in [0.5, 0.6) is 0 Å². The predicted octanol–water partition coefficient (Wildman–Crippen LogP) is 3.38. The van der Waals surface area contributed by atoms with Crippen LogP contribution in [0.3, 0.4) is 0 Å². The van der Waals surface area contributed by atoms with Gasteiger partial charge in [-0.3, -0.25) is 4.79 Å². The largest absolute Gasteiger partial charge is 0.393 e. The van der Waals surface area contributed by atoms with Crippen molar-refractivity contribution in [1.82, 2.24) is 4.90 Å². The zero-order valence-corrected chi connectivity index (χ0v) is 13.1. The van der Waals surface area contributed by atoms with Crippen LogP contribution in [0.25, 0.3) is 0 Å². The van der Waals surface area contributed by atoms with E-state index in [0.717, 1.165) is 0 Å². The molecule has 1 amide bonds. The maximum atomic E-state index is 12.4. The van der Waals surface area contributed by atoms with E-state index in [0.29, 0.717) is 33.7 Å². The fourth-order valence-electron chi connectivity index (χ4n) is 1.64. The normalized spacial score (nSPS) is 12.0. The lowest BCUT2D eigenvalue weighted by Crippen LogP contribution is -2.38. The summed E-state index contributed by atoms with van der Waals surface area (Å²) in [7, 11) is 0. The van der Waals surface area contributed by atoms with Crippen LogP contribution in [-0.4, -0.2) is 28.9 Å². The third-order valence-corrected chi connectivity index (χ3v) is 3.60. The number of thiocarbonyl (C=S) groups is 1. The molecule has 0 aliphatic heterocycles. The maximum Gasteiger partial charge on any atom is 0.253 e. The van der Waals surface area contributed by atoms with Crippen molar-refractivity contribution < 1.29 is 4.79 Å². The standard InChI is InChI=1S/C13H16Cl2N2OS/c1-3-17(7-8(2)12(16)19)13(18)9-4-10(14)6-11(15)5-9/h4-6,8H,3,7H2,1-2H3,(H2,16,19). The minimum Gasteiger partial charge on any atom is -0.393 e. The van der Waals surface area contributed by atoms with Gasteiger partial charge < -0.3 is 10.6 Å². The molecule has 0 saturated heterocycles. The van der Waals surface area contributed by atoms with E-state index in [4.69, 9.17) is 41.2 Å². The van der Waals surface area contributed by atoms with Crippen molar-refractivity contribution in [3.8, 4) is 0 Å². The van der Waals surface area contributed by atoms with Crippen LogP contribution in [0.15, 0.2) is 18.2 Å². The van der Waals surface area contributed by atoms with Crippen molar-refractivity contribution in [2.45, 2.75) is 13.8 Å². The zero-order valence-electron chi connectivity index (χ0n) is 10.8. The second-order valence-electron chi connectivity index (χ2n) is 4.31. The van der Waals surface area contributed by atoms with Gasteiger partial charge in [-0.05, 0) is 25.1 Å². The van der Waals surface area contributed by atoms with Gasteiger partial charge in [0.25, 0.3) is 5.91 Å². The molecule has 0 spiro atoms. The molecule has 0 fully saturated rings. The summed E-state index contributed by atoms with van der Waals surface area (Å²) in [6.45, 7) is 4.84. The number of hydrogen-bond acceptors (Lipinski definition) is 2. The Morgan fingerprint density at radius 1 is 1.37 bits per heavy atom. The first-order valence-corrected chi connectivity index (χ1v) is 7.06. The van der Waals surface area contributed by atoms with Gasteiger partial charge in [0.15, 0.2) is 0 Å².